The average Bonchev–Trinajstić information content (AvgIpc) is 3.34. The van der Waals surface area contributed by atoms with Gasteiger partial charge in [0.15, 0.2) is 0 Å². The molecular weight excluding hydrogens is 322 g/mol. The number of fused-ring (bicyclic) bond motifs is 1. The van der Waals surface area contributed by atoms with Gasteiger partial charge in [-0.25, -0.2) is 9.97 Å². The number of benzene rings is 1. The third-order valence-electron chi connectivity index (χ3n) is 3.90. The fraction of sp³-hybridized carbons (Fsp3) is 0.353. The number of thiazole rings is 1. The number of hydrogen-bond acceptors (Lipinski definition) is 7. The zero-order valence-electron chi connectivity index (χ0n) is 13.4. The second kappa shape index (κ2) is 6.33. The van der Waals surface area contributed by atoms with E-state index in [-0.39, 0.29) is 6.61 Å². The number of nitrogens with one attached hydrogen (secondary N) is 2. The molecule has 4 rings (SSSR count). The number of aliphatic hydroxyl groups excluding tert-OH is 1. The molecule has 3 aromatic rings. The Morgan fingerprint density at radius 3 is 2.88 bits per heavy atom. The predicted molar refractivity (Wildman–Crippen MR) is 97.2 cm³/mol. The number of aliphatic hydroxyl groups is 1. The summed E-state index contributed by atoms with van der Waals surface area (Å²) in [6, 6.07) is 8.17. The predicted octanol–water partition coefficient (Wildman–Crippen LogP) is 3.42. The highest BCUT2D eigenvalue weighted by Gasteiger charge is 2.26. The summed E-state index contributed by atoms with van der Waals surface area (Å²) in [6.45, 7) is 2.51. The van der Waals surface area contributed by atoms with Crippen LogP contribution < -0.4 is 10.6 Å². The summed E-state index contributed by atoms with van der Waals surface area (Å²) in [5, 5.41) is 16.5. The first-order valence-corrected chi connectivity index (χ1v) is 8.91. The number of aryl methyl sites for hydroxylation is 1. The molecular formula is C17H19N5OS. The van der Waals surface area contributed by atoms with E-state index in [1.807, 2.05) is 25.1 Å². The lowest BCUT2D eigenvalue weighted by atomic mass is 10.2. The van der Waals surface area contributed by atoms with Crippen LogP contribution in [0.15, 0.2) is 24.3 Å². The van der Waals surface area contributed by atoms with Crippen LogP contribution in [0.3, 0.4) is 0 Å². The first-order chi connectivity index (χ1) is 11.7. The Morgan fingerprint density at radius 1 is 1.21 bits per heavy atom. The lowest BCUT2D eigenvalue weighted by molar-refractivity contribution is 0.311. The fourth-order valence-electron chi connectivity index (χ4n) is 2.63. The highest BCUT2D eigenvalue weighted by atomic mass is 32.1. The zero-order valence-corrected chi connectivity index (χ0v) is 14.2. The van der Waals surface area contributed by atoms with E-state index in [9.17, 15) is 0 Å². The Hall–Kier alpha value is -2.25. The fourth-order valence-corrected chi connectivity index (χ4v) is 3.44. The Morgan fingerprint density at radius 2 is 2.08 bits per heavy atom. The van der Waals surface area contributed by atoms with Crippen LogP contribution >= 0.6 is 11.3 Å². The van der Waals surface area contributed by atoms with Crippen molar-refractivity contribution in [2.45, 2.75) is 25.7 Å². The number of nitrogens with zero attached hydrogens (tertiary/aromatic N) is 3. The van der Waals surface area contributed by atoms with Gasteiger partial charge >= 0.3 is 0 Å². The summed E-state index contributed by atoms with van der Waals surface area (Å²) in [5.74, 6) is 1.85. The van der Waals surface area contributed by atoms with E-state index in [0.29, 0.717) is 18.4 Å². The second-order valence-electron chi connectivity index (χ2n) is 5.97. The van der Waals surface area contributed by atoms with Gasteiger partial charge in [-0.15, -0.1) is 11.3 Å². The lowest BCUT2D eigenvalue weighted by Gasteiger charge is -2.10. The Bertz CT molecular complexity index is 875. The second-order valence-corrected chi connectivity index (χ2v) is 7.20. The maximum absolute atomic E-state index is 8.99. The standard InChI is InChI=1S/C17H19N5OS/c1-10-19-14-8-12(4-5-15(14)24-10)20-16-9-13(11-2-3-11)21-17(22-16)18-6-7-23/h4-5,8-9,11,23H,2-3,6-7H2,1H3,(H2,18,20,21,22). The van der Waals surface area contributed by atoms with Gasteiger partial charge in [0, 0.05) is 24.2 Å². The quantitative estimate of drug-likeness (QED) is 0.637. The van der Waals surface area contributed by atoms with E-state index >= 15 is 0 Å². The molecule has 124 valence electrons. The molecule has 1 aliphatic rings. The van der Waals surface area contributed by atoms with Gasteiger partial charge in [0.1, 0.15) is 5.82 Å². The van der Waals surface area contributed by atoms with Crippen LogP contribution in [0, 0.1) is 6.92 Å². The minimum atomic E-state index is 0.0552. The van der Waals surface area contributed by atoms with Crippen LogP contribution in [-0.4, -0.2) is 33.2 Å². The molecule has 0 unspecified atom stereocenters. The molecule has 24 heavy (non-hydrogen) atoms. The van der Waals surface area contributed by atoms with Crippen molar-refractivity contribution in [2.24, 2.45) is 0 Å². The summed E-state index contributed by atoms with van der Waals surface area (Å²) in [7, 11) is 0. The Kier molecular flexibility index (Phi) is 4.03. The van der Waals surface area contributed by atoms with E-state index in [0.717, 1.165) is 27.7 Å². The molecule has 0 amide bonds. The summed E-state index contributed by atoms with van der Waals surface area (Å²) in [6.07, 6.45) is 2.36. The Labute approximate surface area is 144 Å². The molecule has 1 aliphatic carbocycles. The molecule has 0 radical (unpaired) electrons. The van der Waals surface area contributed by atoms with Crippen molar-refractivity contribution in [3.05, 3.63) is 35.0 Å². The lowest BCUT2D eigenvalue weighted by Crippen LogP contribution is -2.10. The van der Waals surface area contributed by atoms with Crippen LogP contribution in [0.25, 0.3) is 10.2 Å². The molecule has 2 aromatic heterocycles. The molecule has 0 bridgehead atoms. The van der Waals surface area contributed by atoms with Gasteiger partial charge in [0.2, 0.25) is 5.95 Å². The largest absolute Gasteiger partial charge is 0.395 e. The van der Waals surface area contributed by atoms with Crippen LogP contribution in [0.4, 0.5) is 17.5 Å². The highest BCUT2D eigenvalue weighted by Crippen LogP contribution is 2.40. The van der Waals surface area contributed by atoms with Crippen LogP contribution in [-0.2, 0) is 0 Å². The molecule has 0 spiro atoms. The summed E-state index contributed by atoms with van der Waals surface area (Å²) in [4.78, 5) is 13.6. The Balaban J connectivity index is 1.62. The number of rotatable bonds is 6. The summed E-state index contributed by atoms with van der Waals surface area (Å²) in [5.41, 5.74) is 3.01. The average molecular weight is 341 g/mol. The van der Waals surface area contributed by atoms with Gasteiger partial charge < -0.3 is 15.7 Å². The van der Waals surface area contributed by atoms with Crippen LogP contribution in [0.5, 0.6) is 0 Å². The minimum Gasteiger partial charge on any atom is -0.395 e. The molecule has 0 saturated heterocycles. The summed E-state index contributed by atoms with van der Waals surface area (Å²) >= 11 is 1.70. The van der Waals surface area contributed by atoms with Gasteiger partial charge in [0.05, 0.1) is 27.5 Å². The molecule has 0 atom stereocenters. The molecule has 1 saturated carbocycles. The van der Waals surface area contributed by atoms with Gasteiger partial charge in [-0.3, -0.25) is 0 Å². The minimum absolute atomic E-state index is 0.0552. The van der Waals surface area contributed by atoms with Crippen molar-refractivity contribution in [2.75, 3.05) is 23.8 Å². The zero-order chi connectivity index (χ0) is 16.5. The van der Waals surface area contributed by atoms with E-state index in [2.05, 4.69) is 31.7 Å². The first-order valence-electron chi connectivity index (χ1n) is 8.09. The van der Waals surface area contributed by atoms with Crippen molar-refractivity contribution in [1.82, 2.24) is 15.0 Å². The van der Waals surface area contributed by atoms with Crippen LogP contribution in [0.2, 0.25) is 0 Å². The maximum atomic E-state index is 8.99. The van der Waals surface area contributed by atoms with Gasteiger partial charge in [-0.2, -0.15) is 4.98 Å². The van der Waals surface area contributed by atoms with Crippen molar-refractivity contribution in [3.8, 4) is 0 Å². The summed E-state index contributed by atoms with van der Waals surface area (Å²) < 4.78 is 1.18. The molecule has 3 N–H and O–H groups in total. The number of hydrogen-bond donors (Lipinski definition) is 3. The van der Waals surface area contributed by atoms with E-state index in [4.69, 9.17) is 5.11 Å². The van der Waals surface area contributed by atoms with Crippen molar-refractivity contribution < 1.29 is 5.11 Å². The van der Waals surface area contributed by atoms with Crippen molar-refractivity contribution in [3.63, 3.8) is 0 Å². The molecule has 6 nitrogen and oxygen atoms in total. The van der Waals surface area contributed by atoms with E-state index < -0.39 is 0 Å². The third kappa shape index (κ3) is 3.32. The monoisotopic (exact) mass is 341 g/mol. The topological polar surface area (TPSA) is 83.0 Å². The smallest absolute Gasteiger partial charge is 0.224 e. The van der Waals surface area contributed by atoms with Gasteiger partial charge in [0.25, 0.3) is 0 Å². The van der Waals surface area contributed by atoms with Crippen molar-refractivity contribution in [1.29, 1.82) is 0 Å². The normalized spacial score (nSPS) is 14.1. The molecule has 7 heteroatoms. The number of anilines is 3. The number of aromatic nitrogens is 3. The van der Waals surface area contributed by atoms with Crippen molar-refractivity contribution >= 4 is 39.0 Å². The molecule has 2 heterocycles. The first kappa shape index (κ1) is 15.3. The van der Waals surface area contributed by atoms with E-state index in [1.54, 1.807) is 11.3 Å². The maximum Gasteiger partial charge on any atom is 0.224 e. The van der Waals surface area contributed by atoms with E-state index in [1.165, 1.54) is 17.5 Å². The molecule has 1 fully saturated rings. The molecule has 0 aliphatic heterocycles. The van der Waals surface area contributed by atoms with Gasteiger partial charge in [-0.1, -0.05) is 0 Å². The van der Waals surface area contributed by atoms with Crippen LogP contribution in [0.1, 0.15) is 29.5 Å². The van der Waals surface area contributed by atoms with Gasteiger partial charge in [-0.05, 0) is 38.0 Å². The third-order valence-corrected chi connectivity index (χ3v) is 4.86. The molecule has 1 aromatic carbocycles. The SMILES string of the molecule is Cc1nc2cc(Nc3cc(C4CC4)nc(NCCO)n3)ccc2s1. The highest BCUT2D eigenvalue weighted by molar-refractivity contribution is 7.18.